The fourth-order valence-corrected chi connectivity index (χ4v) is 5.35. The first-order valence-corrected chi connectivity index (χ1v) is 12.5. The minimum atomic E-state index is -0.250. The van der Waals surface area contributed by atoms with Crippen LogP contribution in [-0.4, -0.2) is 77.7 Å². The van der Waals surface area contributed by atoms with Crippen LogP contribution in [0.2, 0.25) is 0 Å². The Balaban J connectivity index is 0.00000112. The predicted octanol–water partition coefficient (Wildman–Crippen LogP) is 3.41. The van der Waals surface area contributed by atoms with Gasteiger partial charge in [-0.3, -0.25) is 4.79 Å². The highest BCUT2D eigenvalue weighted by molar-refractivity contribution is 5.74. The molecule has 206 valence electrons. The van der Waals surface area contributed by atoms with E-state index in [-0.39, 0.29) is 29.3 Å². The van der Waals surface area contributed by atoms with Crippen LogP contribution in [0.1, 0.15) is 40.5 Å². The number of nitrogens with zero attached hydrogens (tertiary/aromatic N) is 7. The van der Waals surface area contributed by atoms with E-state index < -0.39 is 0 Å². The Morgan fingerprint density at radius 2 is 1.79 bits per heavy atom. The van der Waals surface area contributed by atoms with Gasteiger partial charge in [0.25, 0.3) is 6.47 Å². The third-order valence-corrected chi connectivity index (χ3v) is 6.70. The van der Waals surface area contributed by atoms with Crippen molar-refractivity contribution in [1.82, 2.24) is 35.1 Å². The van der Waals surface area contributed by atoms with Crippen LogP contribution in [-0.2, 0) is 4.79 Å². The quantitative estimate of drug-likeness (QED) is 0.323. The zero-order valence-corrected chi connectivity index (χ0v) is 23.0. The molecule has 0 amide bonds. The average molecular weight is 535 g/mol. The Bertz CT molecular complexity index is 1440. The van der Waals surface area contributed by atoms with Gasteiger partial charge in [0.2, 0.25) is 5.95 Å². The average Bonchev–Trinajstić information content (AvgIpc) is 3.35. The number of fused-ring (bicyclic) bond motifs is 1. The molecule has 4 aromatic rings. The molecule has 0 radical (unpaired) electrons. The van der Waals surface area contributed by atoms with Gasteiger partial charge in [-0.05, 0) is 52.7 Å². The topological polar surface area (TPSA) is 151 Å². The Labute approximate surface area is 226 Å². The lowest BCUT2D eigenvalue weighted by atomic mass is 9.79. The predicted molar refractivity (Wildman–Crippen MR) is 147 cm³/mol. The number of phenols is 1. The van der Waals surface area contributed by atoms with Gasteiger partial charge in [-0.2, -0.15) is 5.10 Å². The van der Waals surface area contributed by atoms with E-state index in [9.17, 15) is 5.11 Å². The number of imidazole rings is 1. The number of aromatic nitrogens is 6. The van der Waals surface area contributed by atoms with Crippen molar-refractivity contribution in [2.75, 3.05) is 19.1 Å². The lowest BCUT2D eigenvalue weighted by Gasteiger charge is -2.48. The first kappa shape index (κ1) is 27.7. The zero-order chi connectivity index (χ0) is 28.4. The fraction of sp³-hybridized carbons (Fsp3) is 0.407. The molecule has 1 aliphatic heterocycles. The highest BCUT2D eigenvalue weighted by Gasteiger charge is 2.39. The third kappa shape index (κ3) is 6.06. The second-order valence-corrected chi connectivity index (χ2v) is 10.8. The number of methoxy groups -OCH3 is 1. The van der Waals surface area contributed by atoms with Crippen molar-refractivity contribution < 1.29 is 19.7 Å². The summed E-state index contributed by atoms with van der Waals surface area (Å²) in [6, 6.07) is 7.41. The molecular weight excluding hydrogens is 500 g/mol. The van der Waals surface area contributed by atoms with Crippen LogP contribution in [0.25, 0.3) is 28.2 Å². The first-order valence-electron chi connectivity index (χ1n) is 12.5. The van der Waals surface area contributed by atoms with Crippen molar-refractivity contribution >= 4 is 18.1 Å². The van der Waals surface area contributed by atoms with Gasteiger partial charge in [0.05, 0.1) is 19.0 Å². The number of hydrogen-bond donors (Lipinski definition) is 3. The summed E-state index contributed by atoms with van der Waals surface area (Å²) in [5.74, 6) is 1.24. The molecule has 1 aliphatic rings. The number of nitrogens with one attached hydrogen (secondary N) is 1. The molecule has 12 nitrogen and oxygen atoms in total. The minimum Gasteiger partial charge on any atom is -0.507 e. The van der Waals surface area contributed by atoms with Crippen LogP contribution < -0.4 is 15.0 Å². The molecule has 1 saturated heterocycles. The van der Waals surface area contributed by atoms with Gasteiger partial charge in [0, 0.05) is 53.8 Å². The number of carbonyl (C=O) groups is 1. The van der Waals surface area contributed by atoms with Gasteiger partial charge in [-0.1, -0.05) is 6.07 Å². The van der Waals surface area contributed by atoms with E-state index in [1.807, 2.05) is 13.1 Å². The van der Waals surface area contributed by atoms with E-state index in [1.165, 1.54) is 0 Å². The molecule has 1 fully saturated rings. The summed E-state index contributed by atoms with van der Waals surface area (Å²) in [6.07, 6.45) is 7.02. The fourth-order valence-electron chi connectivity index (χ4n) is 5.35. The second kappa shape index (κ2) is 10.8. The molecule has 12 heteroatoms. The van der Waals surface area contributed by atoms with Gasteiger partial charge in [-0.25, -0.2) is 14.5 Å². The molecular formula is C27H34N8O4. The monoisotopic (exact) mass is 534 g/mol. The largest absolute Gasteiger partial charge is 0.507 e. The smallest absolute Gasteiger partial charge is 0.290 e. The van der Waals surface area contributed by atoms with Crippen molar-refractivity contribution in [1.29, 1.82) is 0 Å². The molecule has 3 aromatic heterocycles. The Hall–Kier alpha value is -4.32. The molecule has 3 N–H and O–H groups in total. The summed E-state index contributed by atoms with van der Waals surface area (Å²) in [5, 5.41) is 34.8. The molecule has 0 atom stereocenters. The number of aromatic hydroxyl groups is 1. The molecule has 0 saturated carbocycles. The lowest BCUT2D eigenvalue weighted by Crippen LogP contribution is -2.62. The second-order valence-electron chi connectivity index (χ2n) is 10.8. The van der Waals surface area contributed by atoms with Crippen molar-refractivity contribution in [2.45, 2.75) is 57.7 Å². The Kier molecular flexibility index (Phi) is 7.68. The maximum Gasteiger partial charge on any atom is 0.290 e. The number of anilines is 1. The number of piperidine rings is 1. The van der Waals surface area contributed by atoms with Gasteiger partial charge in [-0.15, -0.1) is 10.2 Å². The van der Waals surface area contributed by atoms with Crippen molar-refractivity contribution in [3.05, 3.63) is 42.9 Å². The molecule has 1 aromatic carbocycles. The summed E-state index contributed by atoms with van der Waals surface area (Å²) in [4.78, 5) is 19.3. The van der Waals surface area contributed by atoms with Gasteiger partial charge >= 0.3 is 0 Å². The van der Waals surface area contributed by atoms with E-state index in [0.29, 0.717) is 34.3 Å². The highest BCUT2D eigenvalue weighted by Crippen LogP contribution is 2.34. The Morgan fingerprint density at radius 1 is 1.10 bits per heavy atom. The van der Waals surface area contributed by atoms with Crippen molar-refractivity contribution in [2.24, 2.45) is 0 Å². The summed E-state index contributed by atoms with van der Waals surface area (Å²) in [5.41, 5.74) is 3.09. The van der Waals surface area contributed by atoms with Crippen LogP contribution in [0.3, 0.4) is 0 Å². The summed E-state index contributed by atoms with van der Waals surface area (Å²) in [7, 11) is 3.61. The SMILES string of the molecule is COc1cc(-c2ccc(-c3cnc(N(C)C4CC(C)(C)NC(C)(C)C4)nn3)c(O)c2)nn2ccnc12.O=CO. The van der Waals surface area contributed by atoms with Crippen LogP contribution in [0.15, 0.2) is 42.9 Å². The van der Waals surface area contributed by atoms with Gasteiger partial charge in [0.1, 0.15) is 11.4 Å². The molecule has 0 unspecified atom stereocenters. The molecule has 39 heavy (non-hydrogen) atoms. The van der Waals surface area contributed by atoms with Crippen molar-refractivity contribution in [3.63, 3.8) is 0 Å². The van der Waals surface area contributed by atoms with Crippen LogP contribution in [0, 0.1) is 0 Å². The molecule has 0 spiro atoms. The van der Waals surface area contributed by atoms with Crippen LogP contribution >= 0.6 is 0 Å². The van der Waals surface area contributed by atoms with E-state index in [2.05, 4.69) is 63.2 Å². The number of ether oxygens (including phenoxy) is 1. The lowest BCUT2D eigenvalue weighted by molar-refractivity contribution is -0.122. The summed E-state index contributed by atoms with van der Waals surface area (Å²) >= 11 is 0. The minimum absolute atomic E-state index is 0.0167. The number of benzene rings is 1. The van der Waals surface area contributed by atoms with E-state index in [0.717, 1.165) is 18.4 Å². The summed E-state index contributed by atoms with van der Waals surface area (Å²) in [6.45, 7) is 8.65. The number of phenolic OH excluding ortho intramolecular Hbond substituents is 1. The maximum atomic E-state index is 10.8. The highest BCUT2D eigenvalue weighted by atomic mass is 16.5. The first-order chi connectivity index (χ1) is 18.5. The van der Waals surface area contributed by atoms with Gasteiger partial charge < -0.3 is 25.2 Å². The zero-order valence-electron chi connectivity index (χ0n) is 23.0. The van der Waals surface area contributed by atoms with Crippen molar-refractivity contribution in [3.8, 4) is 34.0 Å². The normalized spacial score (nSPS) is 16.3. The number of carboxylic acid groups (broad SMARTS) is 1. The van der Waals surface area contributed by atoms with E-state index >= 15 is 0 Å². The van der Waals surface area contributed by atoms with E-state index in [1.54, 1.807) is 48.4 Å². The van der Waals surface area contributed by atoms with Crippen LogP contribution in [0.4, 0.5) is 5.95 Å². The standard InChI is InChI=1S/C26H32N8O2.CH2O2/c1-25(2)13-17(14-26(3,4)32-25)33(5)24-28-15-20(29-30-24)18-8-7-16(11-21(18)35)19-12-22(36-6)23-27-9-10-34(23)31-19;2-1-3/h7-12,15,17,32,35H,13-14H2,1-6H3;1H,(H,2,3). The number of hydrogen-bond acceptors (Lipinski definition) is 10. The molecule has 0 aliphatic carbocycles. The third-order valence-electron chi connectivity index (χ3n) is 6.70. The molecule has 5 rings (SSSR count). The maximum absolute atomic E-state index is 10.8. The summed E-state index contributed by atoms with van der Waals surface area (Å²) < 4.78 is 7.10. The van der Waals surface area contributed by atoms with Gasteiger partial charge in [0.15, 0.2) is 11.4 Å². The van der Waals surface area contributed by atoms with E-state index in [4.69, 9.17) is 14.6 Å². The van der Waals surface area contributed by atoms with Crippen LogP contribution in [0.5, 0.6) is 11.5 Å². The number of rotatable bonds is 5. The molecule has 0 bridgehead atoms. The Morgan fingerprint density at radius 3 is 2.38 bits per heavy atom. The molecule has 4 heterocycles.